The predicted molar refractivity (Wildman–Crippen MR) is 90.8 cm³/mol. The van der Waals surface area contributed by atoms with Crippen molar-refractivity contribution in [3.05, 3.63) is 41.2 Å². The van der Waals surface area contributed by atoms with Crippen molar-refractivity contribution in [2.45, 2.75) is 19.0 Å². The van der Waals surface area contributed by atoms with E-state index >= 15 is 0 Å². The van der Waals surface area contributed by atoms with Gasteiger partial charge in [-0.15, -0.1) is 0 Å². The number of nitrogens with one attached hydrogen (secondary N) is 1. The number of aryl methyl sites for hydroxylation is 2. The number of carbonyl (C=O) groups excluding carboxylic acids is 1. The molecule has 0 saturated carbocycles. The third kappa shape index (κ3) is 4.69. The maximum absolute atomic E-state index is 12.1. The molecule has 0 aliphatic heterocycles. The van der Waals surface area contributed by atoms with Gasteiger partial charge in [-0.25, -0.2) is 14.8 Å². The SMILES string of the molecule is COc1ccc(C(=O)O)c(NC(=O)CSc2nc(C)cc(C)n2)c1. The van der Waals surface area contributed by atoms with Crippen LogP contribution >= 0.6 is 11.8 Å². The molecule has 0 spiro atoms. The van der Waals surface area contributed by atoms with Crippen LogP contribution in [0.2, 0.25) is 0 Å². The van der Waals surface area contributed by atoms with Gasteiger partial charge >= 0.3 is 5.97 Å². The number of carboxylic acid groups (broad SMARTS) is 1. The van der Waals surface area contributed by atoms with Gasteiger partial charge in [0.15, 0.2) is 5.16 Å². The second-order valence-corrected chi connectivity index (χ2v) is 5.93. The average Bonchev–Trinajstić information content (AvgIpc) is 2.51. The van der Waals surface area contributed by atoms with Gasteiger partial charge in [0.1, 0.15) is 5.75 Å². The Balaban J connectivity index is 2.07. The van der Waals surface area contributed by atoms with Crippen LogP contribution < -0.4 is 10.1 Å². The Hall–Kier alpha value is -2.61. The Morgan fingerprint density at radius 1 is 1.21 bits per heavy atom. The Bertz CT molecular complexity index is 760. The van der Waals surface area contributed by atoms with Crippen molar-refractivity contribution >= 4 is 29.3 Å². The number of carboxylic acids is 1. The highest BCUT2D eigenvalue weighted by molar-refractivity contribution is 7.99. The fourth-order valence-corrected chi connectivity index (χ4v) is 2.76. The van der Waals surface area contributed by atoms with E-state index in [1.165, 1.54) is 37.1 Å². The summed E-state index contributed by atoms with van der Waals surface area (Å²) in [5.41, 5.74) is 1.84. The number of nitrogens with zero attached hydrogens (tertiary/aromatic N) is 2. The van der Waals surface area contributed by atoms with Crippen molar-refractivity contribution in [3.8, 4) is 5.75 Å². The molecule has 8 heteroatoms. The molecule has 1 heterocycles. The fraction of sp³-hybridized carbons (Fsp3) is 0.250. The molecule has 24 heavy (non-hydrogen) atoms. The lowest BCUT2D eigenvalue weighted by Gasteiger charge is -2.10. The molecule has 0 unspecified atom stereocenters. The molecule has 126 valence electrons. The smallest absolute Gasteiger partial charge is 0.337 e. The molecule has 0 radical (unpaired) electrons. The number of hydrogen-bond donors (Lipinski definition) is 2. The molecule has 2 rings (SSSR count). The highest BCUT2D eigenvalue weighted by Gasteiger charge is 2.14. The zero-order valence-electron chi connectivity index (χ0n) is 13.5. The first kappa shape index (κ1) is 17.7. The molecular formula is C16H17N3O4S. The van der Waals surface area contributed by atoms with Gasteiger partial charge in [0.2, 0.25) is 5.91 Å². The molecule has 1 amide bonds. The van der Waals surface area contributed by atoms with Crippen molar-refractivity contribution < 1.29 is 19.4 Å². The zero-order valence-corrected chi connectivity index (χ0v) is 14.3. The molecule has 2 aromatic rings. The largest absolute Gasteiger partial charge is 0.497 e. The number of aromatic carboxylic acids is 1. The Morgan fingerprint density at radius 2 is 1.88 bits per heavy atom. The molecule has 2 N–H and O–H groups in total. The first-order valence-corrected chi connectivity index (χ1v) is 8.04. The van der Waals surface area contributed by atoms with Crippen LogP contribution in [0.5, 0.6) is 5.75 Å². The van der Waals surface area contributed by atoms with Crippen LogP contribution in [0, 0.1) is 13.8 Å². The van der Waals surface area contributed by atoms with Gasteiger partial charge in [0, 0.05) is 17.5 Å². The zero-order chi connectivity index (χ0) is 17.7. The number of methoxy groups -OCH3 is 1. The van der Waals surface area contributed by atoms with Crippen LogP contribution in [-0.2, 0) is 4.79 Å². The maximum atomic E-state index is 12.1. The Morgan fingerprint density at radius 3 is 2.46 bits per heavy atom. The van der Waals surface area contributed by atoms with Crippen molar-refractivity contribution in [1.82, 2.24) is 9.97 Å². The number of thioether (sulfide) groups is 1. The van der Waals surface area contributed by atoms with Gasteiger partial charge < -0.3 is 15.2 Å². The van der Waals surface area contributed by atoms with Gasteiger partial charge in [0.25, 0.3) is 0 Å². The molecule has 1 aromatic carbocycles. The van der Waals surface area contributed by atoms with Crippen molar-refractivity contribution in [1.29, 1.82) is 0 Å². The number of carbonyl (C=O) groups is 2. The average molecular weight is 347 g/mol. The van der Waals surface area contributed by atoms with E-state index in [-0.39, 0.29) is 22.9 Å². The molecule has 0 fully saturated rings. The van der Waals surface area contributed by atoms with E-state index in [4.69, 9.17) is 4.74 Å². The number of amides is 1. The summed E-state index contributed by atoms with van der Waals surface area (Å²) in [6.45, 7) is 3.71. The van der Waals surface area contributed by atoms with Gasteiger partial charge in [-0.3, -0.25) is 4.79 Å². The lowest BCUT2D eigenvalue weighted by atomic mass is 10.1. The Labute approximate surface area is 143 Å². The second kappa shape index (κ2) is 7.78. The van der Waals surface area contributed by atoms with Crippen LogP contribution in [0.4, 0.5) is 5.69 Å². The normalized spacial score (nSPS) is 10.3. The van der Waals surface area contributed by atoms with E-state index in [0.29, 0.717) is 10.9 Å². The van der Waals surface area contributed by atoms with Crippen LogP contribution in [-0.4, -0.2) is 39.8 Å². The third-order valence-electron chi connectivity index (χ3n) is 3.03. The number of anilines is 1. The highest BCUT2D eigenvalue weighted by atomic mass is 32.2. The summed E-state index contributed by atoms with van der Waals surface area (Å²) < 4.78 is 5.06. The molecule has 0 aliphatic carbocycles. The number of benzene rings is 1. The summed E-state index contributed by atoms with van der Waals surface area (Å²) in [7, 11) is 1.47. The van der Waals surface area contributed by atoms with Gasteiger partial charge in [0.05, 0.1) is 24.1 Å². The predicted octanol–water partition coefficient (Wildman–Crippen LogP) is 2.53. The minimum absolute atomic E-state index is 0.00296. The van der Waals surface area contributed by atoms with Crippen LogP contribution in [0.25, 0.3) is 0 Å². The lowest BCUT2D eigenvalue weighted by Crippen LogP contribution is -2.17. The van der Waals surface area contributed by atoms with Gasteiger partial charge in [-0.05, 0) is 32.0 Å². The summed E-state index contributed by atoms with van der Waals surface area (Å²) >= 11 is 1.19. The lowest BCUT2D eigenvalue weighted by molar-refractivity contribution is -0.113. The first-order chi connectivity index (χ1) is 11.4. The topological polar surface area (TPSA) is 101 Å². The van der Waals surface area contributed by atoms with E-state index in [2.05, 4.69) is 15.3 Å². The third-order valence-corrected chi connectivity index (χ3v) is 3.87. The fourth-order valence-electron chi connectivity index (χ4n) is 2.01. The van der Waals surface area contributed by atoms with E-state index in [9.17, 15) is 14.7 Å². The van der Waals surface area contributed by atoms with Crippen molar-refractivity contribution in [2.24, 2.45) is 0 Å². The van der Waals surface area contributed by atoms with Crippen LogP contribution in [0.1, 0.15) is 21.7 Å². The van der Waals surface area contributed by atoms with Crippen molar-refractivity contribution in [2.75, 3.05) is 18.2 Å². The second-order valence-electron chi connectivity index (χ2n) is 4.99. The molecule has 0 aliphatic rings. The summed E-state index contributed by atoms with van der Waals surface area (Å²) in [6.07, 6.45) is 0. The first-order valence-electron chi connectivity index (χ1n) is 7.05. The highest BCUT2D eigenvalue weighted by Crippen LogP contribution is 2.23. The van der Waals surface area contributed by atoms with E-state index in [1.807, 2.05) is 19.9 Å². The maximum Gasteiger partial charge on any atom is 0.337 e. The van der Waals surface area contributed by atoms with Crippen LogP contribution in [0.15, 0.2) is 29.4 Å². The molecule has 7 nitrogen and oxygen atoms in total. The molecule has 1 aromatic heterocycles. The molecule has 0 atom stereocenters. The van der Waals surface area contributed by atoms with Gasteiger partial charge in [-0.2, -0.15) is 0 Å². The van der Waals surface area contributed by atoms with E-state index < -0.39 is 5.97 Å². The minimum Gasteiger partial charge on any atom is -0.497 e. The van der Waals surface area contributed by atoms with E-state index in [0.717, 1.165) is 11.4 Å². The van der Waals surface area contributed by atoms with Crippen LogP contribution in [0.3, 0.4) is 0 Å². The summed E-state index contributed by atoms with van der Waals surface area (Å²) in [4.78, 5) is 31.8. The summed E-state index contributed by atoms with van der Waals surface area (Å²) in [6, 6.07) is 6.23. The number of ether oxygens (including phenoxy) is 1. The number of aromatic nitrogens is 2. The number of rotatable bonds is 6. The molecule has 0 saturated heterocycles. The molecule has 0 bridgehead atoms. The summed E-state index contributed by atoms with van der Waals surface area (Å²) in [5, 5.41) is 12.3. The standard InChI is InChI=1S/C16H17N3O4S/c1-9-6-10(2)18-16(17-9)24-8-14(20)19-13-7-11(23-3)4-5-12(13)15(21)22/h4-7H,8H2,1-3H3,(H,19,20)(H,21,22). The number of hydrogen-bond acceptors (Lipinski definition) is 6. The van der Waals surface area contributed by atoms with Crippen molar-refractivity contribution in [3.63, 3.8) is 0 Å². The van der Waals surface area contributed by atoms with Gasteiger partial charge in [-0.1, -0.05) is 11.8 Å². The quantitative estimate of drug-likeness (QED) is 0.611. The minimum atomic E-state index is -1.13. The van der Waals surface area contributed by atoms with E-state index in [1.54, 1.807) is 0 Å². The summed E-state index contributed by atoms with van der Waals surface area (Å²) in [5.74, 6) is -0.948. The molecular weight excluding hydrogens is 330 g/mol. The Kier molecular flexibility index (Phi) is 5.75. The monoisotopic (exact) mass is 347 g/mol.